The Hall–Kier alpha value is -1.79. The van der Waals surface area contributed by atoms with Crippen molar-refractivity contribution in [2.45, 2.75) is 70.3 Å². The van der Waals surface area contributed by atoms with Gasteiger partial charge in [0.15, 0.2) is 0 Å². The second-order valence-electron chi connectivity index (χ2n) is 11.5. The van der Waals surface area contributed by atoms with Crippen LogP contribution >= 0.6 is 0 Å². The monoisotopic (exact) mass is 454 g/mol. The third-order valence-electron chi connectivity index (χ3n) is 9.76. The molecule has 6 heteroatoms. The molecule has 6 rings (SSSR count). The van der Waals surface area contributed by atoms with E-state index >= 15 is 0 Å². The van der Waals surface area contributed by atoms with Gasteiger partial charge in [0.25, 0.3) is 0 Å². The number of piperazine rings is 1. The second-order valence-corrected chi connectivity index (χ2v) is 11.5. The van der Waals surface area contributed by atoms with Gasteiger partial charge < -0.3 is 19.1 Å². The molecule has 2 aliphatic carbocycles. The predicted molar refractivity (Wildman–Crippen MR) is 126 cm³/mol. The Labute approximate surface area is 197 Å². The van der Waals surface area contributed by atoms with Crippen LogP contribution in [-0.4, -0.2) is 68.0 Å². The van der Waals surface area contributed by atoms with Crippen molar-refractivity contribution in [2.24, 2.45) is 23.2 Å². The molecule has 5 fully saturated rings. The SMILES string of the molecule is COc1ccc(N2CCN(C[C@@H]3C(=O)O[C@@H]4C[C@@]5(C)CCC[C@H](C)[C@]56O[C@@H]6[C@H]34)C[C@@H]2C)cc1. The molecule has 0 bridgehead atoms. The van der Waals surface area contributed by atoms with E-state index in [0.29, 0.717) is 12.0 Å². The van der Waals surface area contributed by atoms with E-state index in [0.717, 1.165) is 38.3 Å². The van der Waals surface area contributed by atoms with Crippen LogP contribution in [0.1, 0.15) is 46.5 Å². The number of anilines is 1. The molecule has 8 atom stereocenters. The molecule has 5 aliphatic rings. The number of hydrogen-bond donors (Lipinski definition) is 0. The van der Waals surface area contributed by atoms with Gasteiger partial charge in [-0.25, -0.2) is 0 Å². The van der Waals surface area contributed by atoms with Gasteiger partial charge in [-0.2, -0.15) is 0 Å². The van der Waals surface area contributed by atoms with Gasteiger partial charge in [-0.15, -0.1) is 0 Å². The zero-order valence-corrected chi connectivity index (χ0v) is 20.5. The molecule has 3 saturated heterocycles. The number of rotatable bonds is 4. The molecule has 2 saturated carbocycles. The Kier molecular flexibility index (Phi) is 5.01. The van der Waals surface area contributed by atoms with Crippen LogP contribution in [0.5, 0.6) is 5.75 Å². The lowest BCUT2D eigenvalue weighted by Gasteiger charge is -2.49. The smallest absolute Gasteiger partial charge is 0.311 e. The van der Waals surface area contributed by atoms with Crippen LogP contribution in [0.4, 0.5) is 5.69 Å². The average molecular weight is 455 g/mol. The number of epoxide rings is 1. The van der Waals surface area contributed by atoms with Gasteiger partial charge in [-0.1, -0.05) is 20.3 Å². The van der Waals surface area contributed by atoms with E-state index in [1.807, 2.05) is 12.1 Å². The van der Waals surface area contributed by atoms with Gasteiger partial charge in [0.2, 0.25) is 0 Å². The van der Waals surface area contributed by atoms with E-state index < -0.39 is 0 Å². The van der Waals surface area contributed by atoms with Crippen molar-refractivity contribution in [3.8, 4) is 5.75 Å². The van der Waals surface area contributed by atoms with Gasteiger partial charge in [-0.05, 0) is 56.4 Å². The fourth-order valence-corrected chi connectivity index (χ4v) is 8.08. The Balaban J connectivity index is 1.14. The minimum Gasteiger partial charge on any atom is -0.497 e. The summed E-state index contributed by atoms with van der Waals surface area (Å²) in [5, 5.41) is 0. The Morgan fingerprint density at radius 1 is 1.18 bits per heavy atom. The van der Waals surface area contributed by atoms with Crippen molar-refractivity contribution in [1.29, 1.82) is 0 Å². The summed E-state index contributed by atoms with van der Waals surface area (Å²) in [5.74, 6) is 1.64. The normalized spacial score (nSPS) is 44.5. The molecule has 3 heterocycles. The maximum Gasteiger partial charge on any atom is 0.311 e. The molecule has 0 radical (unpaired) electrons. The molecule has 0 N–H and O–H groups in total. The molecule has 3 aliphatic heterocycles. The zero-order chi connectivity index (χ0) is 23.0. The van der Waals surface area contributed by atoms with Crippen LogP contribution in [0.15, 0.2) is 24.3 Å². The summed E-state index contributed by atoms with van der Waals surface area (Å²) in [6.45, 7) is 10.7. The van der Waals surface area contributed by atoms with E-state index in [-0.39, 0.29) is 41.0 Å². The number of nitrogens with zero attached hydrogens (tertiary/aromatic N) is 2. The van der Waals surface area contributed by atoms with Crippen LogP contribution in [-0.2, 0) is 14.3 Å². The zero-order valence-electron chi connectivity index (χ0n) is 20.5. The summed E-state index contributed by atoms with van der Waals surface area (Å²) in [4.78, 5) is 18.0. The van der Waals surface area contributed by atoms with E-state index in [4.69, 9.17) is 14.2 Å². The molecular weight excluding hydrogens is 416 g/mol. The summed E-state index contributed by atoms with van der Waals surface area (Å²) in [5.41, 5.74) is 1.37. The van der Waals surface area contributed by atoms with Gasteiger partial charge in [0, 0.05) is 49.2 Å². The van der Waals surface area contributed by atoms with Crippen molar-refractivity contribution in [3.05, 3.63) is 24.3 Å². The third-order valence-corrected chi connectivity index (χ3v) is 9.76. The lowest BCUT2D eigenvalue weighted by atomic mass is 9.53. The largest absolute Gasteiger partial charge is 0.497 e. The Morgan fingerprint density at radius 2 is 1.97 bits per heavy atom. The van der Waals surface area contributed by atoms with Crippen LogP contribution < -0.4 is 9.64 Å². The maximum atomic E-state index is 13.1. The van der Waals surface area contributed by atoms with Gasteiger partial charge in [-0.3, -0.25) is 9.69 Å². The predicted octanol–water partition coefficient (Wildman–Crippen LogP) is 3.73. The Bertz CT molecular complexity index is 921. The maximum absolute atomic E-state index is 13.1. The highest BCUT2D eigenvalue weighted by Crippen LogP contribution is 2.70. The first kappa shape index (κ1) is 21.7. The first-order valence-electron chi connectivity index (χ1n) is 12.9. The van der Waals surface area contributed by atoms with Crippen molar-refractivity contribution in [3.63, 3.8) is 0 Å². The molecule has 0 amide bonds. The lowest BCUT2D eigenvalue weighted by Crippen LogP contribution is -2.56. The van der Waals surface area contributed by atoms with E-state index in [1.54, 1.807) is 7.11 Å². The number of ether oxygens (including phenoxy) is 3. The van der Waals surface area contributed by atoms with Gasteiger partial charge in [0.05, 0.1) is 19.1 Å². The summed E-state index contributed by atoms with van der Waals surface area (Å²) in [7, 11) is 1.70. The van der Waals surface area contributed by atoms with Crippen LogP contribution in [0.2, 0.25) is 0 Å². The van der Waals surface area contributed by atoms with Gasteiger partial charge in [0.1, 0.15) is 17.5 Å². The molecule has 6 nitrogen and oxygen atoms in total. The molecular formula is C27H38N2O4. The average Bonchev–Trinajstić information content (AvgIpc) is 3.48. The minimum absolute atomic E-state index is 0.00999. The van der Waals surface area contributed by atoms with Crippen molar-refractivity contribution < 1.29 is 19.0 Å². The summed E-state index contributed by atoms with van der Waals surface area (Å²) in [6.07, 6.45) is 4.92. The van der Waals surface area contributed by atoms with Crippen LogP contribution in [0.25, 0.3) is 0 Å². The fourth-order valence-electron chi connectivity index (χ4n) is 8.08. The highest BCUT2D eigenvalue weighted by molar-refractivity contribution is 5.76. The number of benzene rings is 1. The second kappa shape index (κ2) is 7.61. The molecule has 0 unspecified atom stereocenters. The first-order chi connectivity index (χ1) is 15.9. The van der Waals surface area contributed by atoms with Gasteiger partial charge >= 0.3 is 5.97 Å². The van der Waals surface area contributed by atoms with E-state index in [2.05, 4.69) is 42.7 Å². The summed E-state index contributed by atoms with van der Waals surface area (Å²) >= 11 is 0. The molecule has 1 aromatic rings. The highest BCUT2D eigenvalue weighted by Gasteiger charge is 2.78. The number of carbonyl (C=O) groups excluding carboxylic acids is 1. The van der Waals surface area contributed by atoms with Crippen molar-refractivity contribution in [2.75, 3.05) is 38.2 Å². The van der Waals surface area contributed by atoms with E-state index in [9.17, 15) is 4.79 Å². The lowest BCUT2D eigenvalue weighted by molar-refractivity contribution is -0.146. The van der Waals surface area contributed by atoms with Crippen molar-refractivity contribution >= 4 is 11.7 Å². The van der Waals surface area contributed by atoms with Crippen LogP contribution in [0.3, 0.4) is 0 Å². The Morgan fingerprint density at radius 3 is 2.70 bits per heavy atom. The molecule has 33 heavy (non-hydrogen) atoms. The molecule has 1 spiro atoms. The molecule has 0 aromatic heterocycles. The molecule has 1 aromatic carbocycles. The molecule has 180 valence electrons. The number of fused-ring (bicyclic) bond motifs is 2. The van der Waals surface area contributed by atoms with Crippen LogP contribution in [0, 0.1) is 23.2 Å². The van der Waals surface area contributed by atoms with E-state index in [1.165, 1.54) is 24.9 Å². The summed E-state index contributed by atoms with van der Waals surface area (Å²) in [6, 6.07) is 8.71. The topological polar surface area (TPSA) is 54.5 Å². The number of hydrogen-bond acceptors (Lipinski definition) is 6. The third kappa shape index (κ3) is 3.16. The minimum atomic E-state index is -0.0576. The summed E-state index contributed by atoms with van der Waals surface area (Å²) < 4.78 is 18.0. The van der Waals surface area contributed by atoms with Crippen molar-refractivity contribution in [1.82, 2.24) is 4.90 Å². The fraction of sp³-hybridized carbons (Fsp3) is 0.741. The first-order valence-corrected chi connectivity index (χ1v) is 12.9. The standard InChI is InChI=1S/C27H38N2O4/c1-17-6-5-11-26(3)14-22-23(24-27(17,26)33-24)21(25(30)32-22)16-28-12-13-29(18(2)15-28)19-7-9-20(31-4)10-8-19/h7-10,17-18,21-24H,5-6,11-16H2,1-4H3/t17-,18-,21-,22+,23+,24+,26+,27+/m0/s1. The quantitative estimate of drug-likeness (QED) is 0.510. The highest BCUT2D eigenvalue weighted by atomic mass is 16.6. The number of esters is 1. The number of carbonyl (C=O) groups is 1. The number of methoxy groups -OCH3 is 1.